The van der Waals surface area contributed by atoms with Gasteiger partial charge in [-0.2, -0.15) is 0 Å². The summed E-state index contributed by atoms with van der Waals surface area (Å²) in [5.41, 5.74) is 1.08. The first-order valence-electron chi connectivity index (χ1n) is 8.63. The predicted octanol–water partition coefficient (Wildman–Crippen LogP) is 3.84. The van der Waals surface area contributed by atoms with Crippen LogP contribution in [0.15, 0.2) is 30.3 Å². The number of nitrogens with zero attached hydrogens (tertiary/aromatic N) is 1. The number of hydrogen-bond donors (Lipinski definition) is 0. The van der Waals surface area contributed by atoms with Gasteiger partial charge in [0.05, 0.1) is 5.92 Å². The lowest BCUT2D eigenvalue weighted by molar-refractivity contribution is -0.154. The third kappa shape index (κ3) is 4.33. The number of likely N-dealkylation sites (tertiary alicyclic amines) is 1. The van der Waals surface area contributed by atoms with Crippen molar-refractivity contribution in [2.24, 2.45) is 5.92 Å². The number of carbonyl (C=O) groups excluding carboxylic acids is 1. The van der Waals surface area contributed by atoms with Gasteiger partial charge in [0.25, 0.3) is 0 Å². The first kappa shape index (κ1) is 17.0. The number of carbonyl (C=O) groups is 1. The van der Waals surface area contributed by atoms with Crippen LogP contribution in [0, 0.1) is 5.92 Å². The quantitative estimate of drug-likeness (QED) is 0.748. The van der Waals surface area contributed by atoms with Gasteiger partial charge in [-0.15, -0.1) is 0 Å². The molecular weight excluding hydrogens is 274 g/mol. The molecule has 0 aliphatic carbocycles. The minimum Gasteiger partial charge on any atom is -0.462 e. The van der Waals surface area contributed by atoms with Crippen LogP contribution in [0.2, 0.25) is 0 Å². The summed E-state index contributed by atoms with van der Waals surface area (Å²) in [6.07, 6.45) is 2.98. The van der Waals surface area contributed by atoms with E-state index in [0.717, 1.165) is 44.5 Å². The first-order valence-corrected chi connectivity index (χ1v) is 8.63. The number of esters is 1. The van der Waals surface area contributed by atoms with Crippen molar-refractivity contribution in [3.63, 3.8) is 0 Å². The summed E-state index contributed by atoms with van der Waals surface area (Å²) in [4.78, 5) is 15.1. The van der Waals surface area contributed by atoms with Gasteiger partial charge in [-0.1, -0.05) is 57.5 Å². The van der Waals surface area contributed by atoms with Crippen molar-refractivity contribution >= 4 is 5.97 Å². The standard InChI is InChI=1S/C19H29NO2/c1-4-15(3)18(16-9-7-6-8-10-16)19(21)22-17-11-13-20(5-2)14-12-17/h6-10,15,17-18H,4-5,11-14H2,1-3H3/t15-,18-/m1/s1. The van der Waals surface area contributed by atoms with Crippen LogP contribution in [-0.4, -0.2) is 36.6 Å². The molecule has 1 aromatic carbocycles. The van der Waals surface area contributed by atoms with Crippen LogP contribution >= 0.6 is 0 Å². The molecule has 22 heavy (non-hydrogen) atoms. The van der Waals surface area contributed by atoms with E-state index in [-0.39, 0.29) is 18.0 Å². The first-order chi connectivity index (χ1) is 10.7. The number of benzene rings is 1. The second-order valence-corrected chi connectivity index (χ2v) is 6.34. The molecule has 2 atom stereocenters. The predicted molar refractivity (Wildman–Crippen MR) is 89.9 cm³/mol. The van der Waals surface area contributed by atoms with Crippen molar-refractivity contribution < 1.29 is 9.53 Å². The van der Waals surface area contributed by atoms with Crippen LogP contribution in [-0.2, 0) is 9.53 Å². The third-order valence-electron chi connectivity index (χ3n) is 4.89. The van der Waals surface area contributed by atoms with Gasteiger partial charge in [-0.05, 0) is 30.9 Å². The van der Waals surface area contributed by atoms with E-state index in [9.17, 15) is 4.79 Å². The molecule has 1 fully saturated rings. The van der Waals surface area contributed by atoms with E-state index >= 15 is 0 Å². The van der Waals surface area contributed by atoms with Gasteiger partial charge >= 0.3 is 5.97 Å². The van der Waals surface area contributed by atoms with Gasteiger partial charge in [-0.25, -0.2) is 0 Å². The van der Waals surface area contributed by atoms with E-state index in [1.807, 2.05) is 30.3 Å². The maximum atomic E-state index is 12.7. The molecule has 3 heteroatoms. The minimum atomic E-state index is -0.143. The summed E-state index contributed by atoms with van der Waals surface area (Å²) in [7, 11) is 0. The highest BCUT2D eigenvalue weighted by Crippen LogP contribution is 2.29. The minimum absolute atomic E-state index is 0.0458. The Kier molecular flexibility index (Phi) is 6.44. The molecule has 1 aliphatic heterocycles. The van der Waals surface area contributed by atoms with Gasteiger partial charge < -0.3 is 9.64 Å². The molecule has 0 unspecified atom stereocenters. The number of hydrogen-bond acceptors (Lipinski definition) is 3. The summed E-state index contributed by atoms with van der Waals surface area (Å²) in [6.45, 7) is 9.61. The Morgan fingerprint density at radius 1 is 1.23 bits per heavy atom. The lowest BCUT2D eigenvalue weighted by Gasteiger charge is -2.32. The Hall–Kier alpha value is -1.35. The molecule has 0 spiro atoms. The van der Waals surface area contributed by atoms with Gasteiger partial charge in [0.1, 0.15) is 6.10 Å². The van der Waals surface area contributed by atoms with E-state index in [4.69, 9.17) is 4.74 Å². The topological polar surface area (TPSA) is 29.5 Å². The molecule has 0 amide bonds. The fraction of sp³-hybridized carbons (Fsp3) is 0.632. The average Bonchev–Trinajstić information content (AvgIpc) is 2.56. The van der Waals surface area contributed by atoms with Crippen LogP contribution in [0.1, 0.15) is 51.5 Å². The second-order valence-electron chi connectivity index (χ2n) is 6.34. The maximum absolute atomic E-state index is 12.7. The molecular formula is C19H29NO2. The zero-order chi connectivity index (χ0) is 15.9. The molecule has 1 saturated heterocycles. The molecule has 3 nitrogen and oxygen atoms in total. The Morgan fingerprint density at radius 3 is 2.41 bits per heavy atom. The summed E-state index contributed by atoms with van der Waals surface area (Å²) in [6, 6.07) is 10.1. The van der Waals surface area contributed by atoms with Crippen molar-refractivity contribution in [2.45, 2.75) is 52.1 Å². The average molecular weight is 303 g/mol. The molecule has 0 saturated carbocycles. The van der Waals surface area contributed by atoms with Gasteiger partial charge in [0, 0.05) is 13.1 Å². The normalized spacial score (nSPS) is 19.6. The smallest absolute Gasteiger partial charge is 0.313 e. The van der Waals surface area contributed by atoms with E-state index in [2.05, 4.69) is 25.7 Å². The Labute approximate surface area is 134 Å². The van der Waals surface area contributed by atoms with E-state index in [1.165, 1.54) is 0 Å². The van der Waals surface area contributed by atoms with Crippen LogP contribution in [0.4, 0.5) is 0 Å². The highest BCUT2D eigenvalue weighted by atomic mass is 16.5. The molecule has 0 aromatic heterocycles. The van der Waals surface area contributed by atoms with Crippen LogP contribution in [0.25, 0.3) is 0 Å². The molecule has 0 bridgehead atoms. The van der Waals surface area contributed by atoms with Crippen molar-refractivity contribution in [2.75, 3.05) is 19.6 Å². The Morgan fingerprint density at radius 2 is 1.86 bits per heavy atom. The second kappa shape index (κ2) is 8.33. The van der Waals surface area contributed by atoms with E-state index < -0.39 is 0 Å². The van der Waals surface area contributed by atoms with Crippen LogP contribution in [0.3, 0.4) is 0 Å². The van der Waals surface area contributed by atoms with Crippen molar-refractivity contribution in [3.8, 4) is 0 Å². The number of ether oxygens (including phenoxy) is 1. The van der Waals surface area contributed by atoms with Crippen LogP contribution in [0.5, 0.6) is 0 Å². The molecule has 0 radical (unpaired) electrons. The zero-order valence-electron chi connectivity index (χ0n) is 14.1. The van der Waals surface area contributed by atoms with E-state index in [0.29, 0.717) is 5.92 Å². The highest BCUT2D eigenvalue weighted by molar-refractivity contribution is 5.78. The van der Waals surface area contributed by atoms with Gasteiger partial charge in [0.15, 0.2) is 0 Å². The molecule has 2 rings (SSSR count). The summed E-state index contributed by atoms with van der Waals surface area (Å²) < 4.78 is 5.86. The van der Waals surface area contributed by atoms with Crippen molar-refractivity contribution in [1.82, 2.24) is 4.90 Å². The highest BCUT2D eigenvalue weighted by Gasteiger charge is 2.30. The molecule has 122 valence electrons. The summed E-state index contributed by atoms with van der Waals surface area (Å²) in [5.74, 6) is 0.108. The molecule has 0 N–H and O–H groups in total. The largest absolute Gasteiger partial charge is 0.462 e. The lowest BCUT2D eigenvalue weighted by atomic mass is 9.85. The number of rotatable bonds is 6. The van der Waals surface area contributed by atoms with Gasteiger partial charge in [0.2, 0.25) is 0 Å². The zero-order valence-corrected chi connectivity index (χ0v) is 14.1. The monoisotopic (exact) mass is 303 g/mol. The SMILES string of the molecule is CC[C@@H](C)[C@@H](C(=O)OC1CCN(CC)CC1)c1ccccc1. The van der Waals surface area contributed by atoms with Crippen LogP contribution < -0.4 is 0 Å². The third-order valence-corrected chi connectivity index (χ3v) is 4.89. The van der Waals surface area contributed by atoms with Gasteiger partial charge in [-0.3, -0.25) is 4.79 Å². The lowest BCUT2D eigenvalue weighted by Crippen LogP contribution is -2.38. The maximum Gasteiger partial charge on any atom is 0.313 e. The molecule has 1 aromatic rings. The fourth-order valence-corrected chi connectivity index (χ4v) is 3.17. The molecule has 1 heterocycles. The number of piperidine rings is 1. The summed E-state index contributed by atoms with van der Waals surface area (Å²) in [5, 5.41) is 0. The van der Waals surface area contributed by atoms with E-state index in [1.54, 1.807) is 0 Å². The summed E-state index contributed by atoms with van der Waals surface area (Å²) >= 11 is 0. The Balaban J connectivity index is 2.01. The Bertz CT molecular complexity index is 452. The molecule has 1 aliphatic rings. The fourth-order valence-electron chi connectivity index (χ4n) is 3.17. The van der Waals surface area contributed by atoms with Crippen molar-refractivity contribution in [3.05, 3.63) is 35.9 Å². The van der Waals surface area contributed by atoms with Crippen molar-refractivity contribution in [1.29, 1.82) is 0 Å².